The number of rotatable bonds is 7. The molecule has 1 atom stereocenters. The van der Waals surface area contributed by atoms with Crippen LogP contribution in [0.5, 0.6) is 0 Å². The van der Waals surface area contributed by atoms with Crippen molar-refractivity contribution in [1.29, 1.82) is 0 Å². The molecule has 1 aromatic heterocycles. The van der Waals surface area contributed by atoms with E-state index in [1.165, 1.54) is 12.1 Å². The van der Waals surface area contributed by atoms with Gasteiger partial charge in [0.2, 0.25) is 5.91 Å². The maximum Gasteiger partial charge on any atom is 0.276 e. The fraction of sp³-hybridized carbons (Fsp3) is 0.538. The minimum atomic E-state index is -0.510. The molecule has 0 aromatic carbocycles. The highest BCUT2D eigenvalue weighted by Crippen LogP contribution is 2.21. The molecule has 1 rings (SSSR count). The van der Waals surface area contributed by atoms with Gasteiger partial charge in [0.15, 0.2) is 0 Å². The number of hydrogen-bond acceptors (Lipinski definition) is 6. The van der Waals surface area contributed by atoms with Crippen molar-refractivity contribution in [2.45, 2.75) is 26.8 Å². The standard InChI is InChI=1S/C13H21N5O3/c1-5-17(6-2)13(19)9(3)15-12-8-10(18(20)21)7-11(14-4)16-12/h7-9H,5-6H2,1-4H3,(H2,14,15,16). The zero-order chi connectivity index (χ0) is 16.0. The van der Waals surface area contributed by atoms with Crippen LogP contribution < -0.4 is 10.6 Å². The second-order valence-corrected chi connectivity index (χ2v) is 4.48. The van der Waals surface area contributed by atoms with E-state index in [4.69, 9.17) is 0 Å². The first-order chi connectivity index (χ1) is 9.92. The summed E-state index contributed by atoms with van der Waals surface area (Å²) in [4.78, 5) is 28.4. The number of pyridine rings is 1. The number of nitrogens with zero attached hydrogens (tertiary/aromatic N) is 3. The molecule has 0 spiro atoms. The average Bonchev–Trinajstić information content (AvgIpc) is 2.47. The van der Waals surface area contributed by atoms with Gasteiger partial charge in [-0.05, 0) is 20.8 Å². The Morgan fingerprint density at radius 2 is 1.95 bits per heavy atom. The van der Waals surface area contributed by atoms with Gasteiger partial charge >= 0.3 is 0 Å². The van der Waals surface area contributed by atoms with Crippen LogP contribution in [0.1, 0.15) is 20.8 Å². The molecular formula is C13H21N5O3. The highest BCUT2D eigenvalue weighted by atomic mass is 16.6. The van der Waals surface area contributed by atoms with Crippen LogP contribution in [-0.2, 0) is 4.79 Å². The van der Waals surface area contributed by atoms with Gasteiger partial charge in [-0.15, -0.1) is 0 Å². The van der Waals surface area contributed by atoms with Crippen LogP contribution in [0.2, 0.25) is 0 Å². The number of carbonyl (C=O) groups is 1. The Balaban J connectivity index is 2.93. The summed E-state index contributed by atoms with van der Waals surface area (Å²) < 4.78 is 0. The molecule has 116 valence electrons. The van der Waals surface area contributed by atoms with Crippen LogP contribution in [0.25, 0.3) is 0 Å². The summed E-state index contributed by atoms with van der Waals surface area (Å²) >= 11 is 0. The Morgan fingerprint density at radius 1 is 1.38 bits per heavy atom. The topological polar surface area (TPSA) is 100 Å². The van der Waals surface area contributed by atoms with Crippen molar-refractivity contribution < 1.29 is 9.72 Å². The predicted molar refractivity (Wildman–Crippen MR) is 81.5 cm³/mol. The summed E-state index contributed by atoms with van der Waals surface area (Å²) in [5, 5.41) is 16.6. The molecule has 0 fully saturated rings. The van der Waals surface area contributed by atoms with Gasteiger partial charge in [0.25, 0.3) is 5.69 Å². The first kappa shape index (κ1) is 16.7. The monoisotopic (exact) mass is 295 g/mol. The lowest BCUT2D eigenvalue weighted by Crippen LogP contribution is -2.41. The lowest BCUT2D eigenvalue weighted by Gasteiger charge is -2.23. The van der Waals surface area contributed by atoms with E-state index >= 15 is 0 Å². The van der Waals surface area contributed by atoms with Crippen molar-refractivity contribution >= 4 is 23.2 Å². The average molecular weight is 295 g/mol. The molecule has 2 N–H and O–H groups in total. The Labute approximate surface area is 123 Å². The second-order valence-electron chi connectivity index (χ2n) is 4.48. The van der Waals surface area contributed by atoms with E-state index in [2.05, 4.69) is 15.6 Å². The largest absolute Gasteiger partial charge is 0.373 e. The summed E-state index contributed by atoms with van der Waals surface area (Å²) in [6.07, 6.45) is 0. The van der Waals surface area contributed by atoms with Crippen molar-refractivity contribution in [3.63, 3.8) is 0 Å². The molecule has 0 radical (unpaired) electrons. The summed E-state index contributed by atoms with van der Waals surface area (Å²) in [7, 11) is 1.63. The lowest BCUT2D eigenvalue weighted by molar-refractivity contribution is -0.384. The van der Waals surface area contributed by atoms with E-state index in [0.29, 0.717) is 24.7 Å². The number of anilines is 2. The Hall–Kier alpha value is -2.38. The number of hydrogen-bond donors (Lipinski definition) is 2. The summed E-state index contributed by atoms with van der Waals surface area (Å²) in [6.45, 7) is 6.74. The molecule has 1 unspecified atom stereocenters. The van der Waals surface area contributed by atoms with Crippen LogP contribution in [0.3, 0.4) is 0 Å². The molecule has 0 aliphatic heterocycles. The smallest absolute Gasteiger partial charge is 0.276 e. The van der Waals surface area contributed by atoms with Crippen LogP contribution in [0, 0.1) is 10.1 Å². The van der Waals surface area contributed by atoms with Crippen LogP contribution in [0.15, 0.2) is 12.1 Å². The first-order valence-corrected chi connectivity index (χ1v) is 6.82. The van der Waals surface area contributed by atoms with Crippen molar-refractivity contribution in [3.8, 4) is 0 Å². The molecule has 0 saturated heterocycles. The zero-order valence-electron chi connectivity index (χ0n) is 12.7. The van der Waals surface area contributed by atoms with E-state index in [1.54, 1.807) is 18.9 Å². The highest BCUT2D eigenvalue weighted by molar-refractivity contribution is 5.84. The highest BCUT2D eigenvalue weighted by Gasteiger charge is 2.19. The van der Waals surface area contributed by atoms with Crippen LogP contribution >= 0.6 is 0 Å². The molecule has 8 heteroatoms. The van der Waals surface area contributed by atoms with Gasteiger partial charge in [-0.25, -0.2) is 4.98 Å². The Bertz CT molecular complexity index is 517. The third-order valence-electron chi connectivity index (χ3n) is 3.09. The molecular weight excluding hydrogens is 274 g/mol. The number of aromatic nitrogens is 1. The van der Waals surface area contributed by atoms with Gasteiger partial charge < -0.3 is 15.5 Å². The van der Waals surface area contributed by atoms with Gasteiger partial charge in [0.05, 0.1) is 17.1 Å². The van der Waals surface area contributed by atoms with Gasteiger partial charge in [0, 0.05) is 20.1 Å². The number of nitro groups is 1. The van der Waals surface area contributed by atoms with Gasteiger partial charge in [0.1, 0.15) is 17.7 Å². The molecule has 21 heavy (non-hydrogen) atoms. The zero-order valence-corrected chi connectivity index (χ0v) is 12.7. The first-order valence-electron chi connectivity index (χ1n) is 6.82. The minimum Gasteiger partial charge on any atom is -0.373 e. The van der Waals surface area contributed by atoms with Crippen molar-refractivity contribution in [2.24, 2.45) is 0 Å². The third-order valence-corrected chi connectivity index (χ3v) is 3.09. The van der Waals surface area contributed by atoms with E-state index < -0.39 is 11.0 Å². The molecule has 0 aliphatic rings. The molecule has 1 heterocycles. The molecule has 0 bridgehead atoms. The van der Waals surface area contributed by atoms with Crippen LogP contribution in [-0.4, -0.2) is 46.9 Å². The second kappa shape index (κ2) is 7.41. The molecule has 8 nitrogen and oxygen atoms in total. The van der Waals surface area contributed by atoms with Gasteiger partial charge in [-0.1, -0.05) is 0 Å². The van der Waals surface area contributed by atoms with E-state index in [-0.39, 0.29) is 11.6 Å². The minimum absolute atomic E-state index is 0.0701. The number of carbonyl (C=O) groups excluding carboxylic acids is 1. The summed E-state index contributed by atoms with van der Waals surface area (Å²) in [6, 6.07) is 2.14. The molecule has 0 saturated carbocycles. The third kappa shape index (κ3) is 4.30. The number of nitrogens with one attached hydrogen (secondary N) is 2. The summed E-state index contributed by atoms with van der Waals surface area (Å²) in [5.41, 5.74) is -0.0839. The maximum absolute atomic E-state index is 12.2. The number of amides is 1. The van der Waals surface area contributed by atoms with Crippen LogP contribution in [0.4, 0.5) is 17.3 Å². The van der Waals surface area contributed by atoms with Crippen molar-refractivity contribution in [1.82, 2.24) is 9.88 Å². The molecule has 1 amide bonds. The van der Waals surface area contributed by atoms with E-state index in [1.807, 2.05) is 13.8 Å². The van der Waals surface area contributed by atoms with E-state index in [9.17, 15) is 14.9 Å². The normalized spacial score (nSPS) is 11.6. The van der Waals surface area contributed by atoms with Crippen molar-refractivity contribution in [3.05, 3.63) is 22.2 Å². The maximum atomic E-state index is 12.2. The van der Waals surface area contributed by atoms with Gasteiger partial charge in [-0.3, -0.25) is 14.9 Å². The predicted octanol–water partition coefficient (Wildman–Crippen LogP) is 1.70. The SMILES string of the molecule is CCN(CC)C(=O)C(C)Nc1cc([N+](=O)[O-])cc(NC)n1. The quantitative estimate of drug-likeness (QED) is 0.586. The fourth-order valence-corrected chi connectivity index (χ4v) is 1.92. The summed E-state index contributed by atoms with van der Waals surface area (Å²) in [5.74, 6) is 0.593. The van der Waals surface area contributed by atoms with Crippen molar-refractivity contribution in [2.75, 3.05) is 30.8 Å². The number of likely N-dealkylation sites (N-methyl/N-ethyl adjacent to an activating group) is 1. The van der Waals surface area contributed by atoms with E-state index in [0.717, 1.165) is 0 Å². The fourth-order valence-electron chi connectivity index (χ4n) is 1.92. The molecule has 0 aliphatic carbocycles. The lowest BCUT2D eigenvalue weighted by atomic mass is 10.2. The Morgan fingerprint density at radius 3 is 2.43 bits per heavy atom. The Kier molecular flexibility index (Phi) is 5.89. The molecule has 1 aromatic rings. The van der Waals surface area contributed by atoms with Gasteiger partial charge in [-0.2, -0.15) is 0 Å².